The van der Waals surface area contributed by atoms with E-state index in [9.17, 15) is 0 Å². The average Bonchev–Trinajstić information content (AvgIpc) is 3.08. The number of pyridine rings is 1. The normalized spacial score (nSPS) is 19.5. The Morgan fingerprint density at radius 1 is 1.29 bits per heavy atom. The summed E-state index contributed by atoms with van der Waals surface area (Å²) in [5.41, 5.74) is 3.07. The van der Waals surface area contributed by atoms with Crippen molar-refractivity contribution in [3.63, 3.8) is 0 Å². The van der Waals surface area contributed by atoms with Crippen LogP contribution in [0.25, 0.3) is 21.9 Å². The second-order valence-corrected chi connectivity index (χ2v) is 7.34. The van der Waals surface area contributed by atoms with Gasteiger partial charge in [-0.05, 0) is 44.3 Å². The SMILES string of the molecule is CC(C)CCN1CCCC(c2ncnc3cnc4[nH]ccc4c23)C1. The van der Waals surface area contributed by atoms with Crippen molar-refractivity contribution >= 4 is 21.9 Å². The third-order valence-electron chi connectivity index (χ3n) is 5.13. The first-order valence-electron chi connectivity index (χ1n) is 9.01. The Bertz CT molecular complexity index is 838. The molecule has 5 heteroatoms. The van der Waals surface area contributed by atoms with Gasteiger partial charge in [0.2, 0.25) is 0 Å². The van der Waals surface area contributed by atoms with Gasteiger partial charge in [0.1, 0.15) is 12.0 Å². The molecule has 1 saturated heterocycles. The standard InChI is InChI=1S/C19H25N5/c1-13(2)6-9-24-8-3-4-14(11-24)18-17-15-5-7-20-19(15)21-10-16(17)22-12-23-18/h5,7,10,12-14H,3-4,6,8-9,11H2,1-2H3,(H,20,21). The molecule has 5 nitrogen and oxygen atoms in total. The highest BCUT2D eigenvalue weighted by Gasteiger charge is 2.25. The molecule has 0 spiro atoms. The summed E-state index contributed by atoms with van der Waals surface area (Å²) in [5.74, 6) is 1.24. The number of aromatic nitrogens is 4. The van der Waals surface area contributed by atoms with Crippen molar-refractivity contribution in [3.8, 4) is 0 Å². The molecule has 3 aromatic heterocycles. The first kappa shape index (κ1) is 15.5. The number of aromatic amines is 1. The molecule has 1 unspecified atom stereocenters. The molecule has 0 aromatic carbocycles. The molecule has 0 radical (unpaired) electrons. The Balaban J connectivity index is 1.69. The smallest absolute Gasteiger partial charge is 0.138 e. The highest BCUT2D eigenvalue weighted by Crippen LogP contribution is 2.33. The van der Waals surface area contributed by atoms with E-state index in [1.54, 1.807) is 6.33 Å². The molecule has 4 heterocycles. The predicted octanol–water partition coefficient (Wildman–Crippen LogP) is 3.73. The Hall–Kier alpha value is -2.01. The highest BCUT2D eigenvalue weighted by molar-refractivity contribution is 6.04. The van der Waals surface area contributed by atoms with Crippen LogP contribution in [0.15, 0.2) is 24.8 Å². The third kappa shape index (κ3) is 2.88. The van der Waals surface area contributed by atoms with Gasteiger partial charge in [-0.15, -0.1) is 0 Å². The summed E-state index contributed by atoms with van der Waals surface area (Å²) in [6, 6.07) is 2.09. The van der Waals surface area contributed by atoms with Crippen LogP contribution in [0.5, 0.6) is 0 Å². The molecule has 4 rings (SSSR count). The third-order valence-corrected chi connectivity index (χ3v) is 5.13. The summed E-state index contributed by atoms with van der Waals surface area (Å²) in [7, 11) is 0. The number of piperidine rings is 1. The summed E-state index contributed by atoms with van der Waals surface area (Å²) < 4.78 is 0. The fourth-order valence-electron chi connectivity index (χ4n) is 3.81. The van der Waals surface area contributed by atoms with Crippen LogP contribution in [0.3, 0.4) is 0 Å². The molecule has 126 valence electrons. The van der Waals surface area contributed by atoms with Crippen molar-refractivity contribution in [1.29, 1.82) is 0 Å². The summed E-state index contributed by atoms with van der Waals surface area (Å²) in [6.07, 6.45) is 9.23. The van der Waals surface area contributed by atoms with E-state index in [1.807, 2.05) is 12.4 Å². The van der Waals surface area contributed by atoms with Crippen LogP contribution in [0, 0.1) is 5.92 Å². The summed E-state index contributed by atoms with van der Waals surface area (Å²) >= 11 is 0. The lowest BCUT2D eigenvalue weighted by Gasteiger charge is -2.33. The van der Waals surface area contributed by atoms with Crippen molar-refractivity contribution < 1.29 is 0 Å². The van der Waals surface area contributed by atoms with Crippen molar-refractivity contribution in [2.75, 3.05) is 19.6 Å². The van der Waals surface area contributed by atoms with Crippen LogP contribution in [0.2, 0.25) is 0 Å². The Morgan fingerprint density at radius 3 is 3.08 bits per heavy atom. The summed E-state index contributed by atoms with van der Waals surface area (Å²) in [4.78, 5) is 19.4. The Kier molecular flexibility index (Phi) is 4.19. The van der Waals surface area contributed by atoms with Gasteiger partial charge in [-0.1, -0.05) is 13.8 Å². The fourth-order valence-corrected chi connectivity index (χ4v) is 3.81. The Labute approximate surface area is 142 Å². The van der Waals surface area contributed by atoms with Crippen LogP contribution in [-0.4, -0.2) is 44.5 Å². The number of likely N-dealkylation sites (tertiary alicyclic amines) is 1. The summed E-state index contributed by atoms with van der Waals surface area (Å²) in [6.45, 7) is 8.11. The van der Waals surface area contributed by atoms with E-state index in [-0.39, 0.29) is 0 Å². The van der Waals surface area contributed by atoms with E-state index in [0.29, 0.717) is 5.92 Å². The molecule has 0 saturated carbocycles. The molecule has 1 atom stereocenters. The first-order chi connectivity index (χ1) is 11.7. The minimum atomic E-state index is 0.483. The number of H-pyrrole nitrogens is 1. The van der Waals surface area contributed by atoms with Crippen molar-refractivity contribution in [3.05, 3.63) is 30.5 Å². The van der Waals surface area contributed by atoms with Crippen molar-refractivity contribution in [2.45, 2.75) is 39.0 Å². The van der Waals surface area contributed by atoms with Gasteiger partial charge in [-0.3, -0.25) is 0 Å². The predicted molar refractivity (Wildman–Crippen MR) is 97.1 cm³/mol. The number of nitrogens with zero attached hydrogens (tertiary/aromatic N) is 4. The number of nitrogens with one attached hydrogen (secondary N) is 1. The molecule has 24 heavy (non-hydrogen) atoms. The van der Waals surface area contributed by atoms with Gasteiger partial charge in [0.15, 0.2) is 0 Å². The van der Waals surface area contributed by atoms with E-state index in [2.05, 4.69) is 39.8 Å². The molecular weight excluding hydrogens is 298 g/mol. The highest BCUT2D eigenvalue weighted by atomic mass is 15.1. The number of rotatable bonds is 4. The maximum Gasteiger partial charge on any atom is 0.138 e. The van der Waals surface area contributed by atoms with Gasteiger partial charge >= 0.3 is 0 Å². The topological polar surface area (TPSA) is 57.7 Å². The van der Waals surface area contributed by atoms with Gasteiger partial charge < -0.3 is 9.88 Å². The minimum absolute atomic E-state index is 0.483. The molecule has 1 aliphatic rings. The second-order valence-electron chi connectivity index (χ2n) is 7.34. The zero-order valence-electron chi connectivity index (χ0n) is 14.5. The van der Waals surface area contributed by atoms with E-state index in [0.717, 1.165) is 29.0 Å². The van der Waals surface area contributed by atoms with Gasteiger partial charge in [0.25, 0.3) is 0 Å². The van der Waals surface area contributed by atoms with Gasteiger partial charge in [-0.2, -0.15) is 0 Å². The van der Waals surface area contributed by atoms with Crippen molar-refractivity contribution in [2.24, 2.45) is 5.92 Å². The van der Waals surface area contributed by atoms with E-state index < -0.39 is 0 Å². The maximum absolute atomic E-state index is 4.71. The zero-order valence-corrected chi connectivity index (χ0v) is 14.5. The molecular formula is C19H25N5. The van der Waals surface area contributed by atoms with E-state index in [4.69, 9.17) is 4.98 Å². The number of hydrogen-bond donors (Lipinski definition) is 1. The summed E-state index contributed by atoms with van der Waals surface area (Å²) in [5, 5.41) is 2.32. The maximum atomic E-state index is 4.71. The lowest BCUT2D eigenvalue weighted by molar-refractivity contribution is 0.197. The zero-order chi connectivity index (χ0) is 16.5. The van der Waals surface area contributed by atoms with Crippen LogP contribution in [0.4, 0.5) is 0 Å². The molecule has 0 amide bonds. The second kappa shape index (κ2) is 6.48. The van der Waals surface area contributed by atoms with E-state index in [1.165, 1.54) is 43.4 Å². The lowest BCUT2D eigenvalue weighted by Crippen LogP contribution is -2.35. The van der Waals surface area contributed by atoms with Gasteiger partial charge in [-0.25, -0.2) is 15.0 Å². The van der Waals surface area contributed by atoms with Crippen LogP contribution >= 0.6 is 0 Å². The Morgan fingerprint density at radius 2 is 2.21 bits per heavy atom. The lowest BCUT2D eigenvalue weighted by atomic mass is 9.91. The molecule has 0 aliphatic carbocycles. The molecule has 1 fully saturated rings. The van der Waals surface area contributed by atoms with Crippen LogP contribution < -0.4 is 0 Å². The average molecular weight is 323 g/mol. The van der Waals surface area contributed by atoms with Gasteiger partial charge in [0, 0.05) is 29.4 Å². The number of fused-ring (bicyclic) bond motifs is 3. The molecule has 1 N–H and O–H groups in total. The van der Waals surface area contributed by atoms with Gasteiger partial charge in [0.05, 0.1) is 17.4 Å². The largest absolute Gasteiger partial charge is 0.346 e. The minimum Gasteiger partial charge on any atom is -0.346 e. The van der Waals surface area contributed by atoms with Crippen LogP contribution in [0.1, 0.15) is 44.7 Å². The van der Waals surface area contributed by atoms with Crippen molar-refractivity contribution in [1.82, 2.24) is 24.8 Å². The fraction of sp³-hybridized carbons (Fsp3) is 0.526. The molecule has 1 aliphatic heterocycles. The van der Waals surface area contributed by atoms with Crippen LogP contribution in [-0.2, 0) is 0 Å². The first-order valence-corrected chi connectivity index (χ1v) is 9.01. The number of hydrogen-bond acceptors (Lipinski definition) is 4. The molecule has 0 bridgehead atoms. The quantitative estimate of drug-likeness (QED) is 0.795. The van der Waals surface area contributed by atoms with E-state index >= 15 is 0 Å². The molecule has 3 aromatic rings. The monoisotopic (exact) mass is 323 g/mol.